The molecule has 0 bridgehead atoms. The van der Waals surface area contributed by atoms with Gasteiger partial charge in [-0.1, -0.05) is 4.98 Å². The SMILES string of the molecule is Cn1c(CSCCCCO)cnc1[N+](=O)[O-]. The van der Waals surface area contributed by atoms with E-state index in [1.165, 1.54) is 10.8 Å². The van der Waals surface area contributed by atoms with Crippen LogP contribution in [0.5, 0.6) is 0 Å². The molecular formula is C9H15N3O3S. The van der Waals surface area contributed by atoms with E-state index in [1.54, 1.807) is 18.8 Å². The first kappa shape index (κ1) is 13.0. The molecule has 0 aromatic carbocycles. The number of imidazole rings is 1. The first-order valence-corrected chi connectivity index (χ1v) is 6.16. The smallest absolute Gasteiger partial charge is 0.396 e. The van der Waals surface area contributed by atoms with Crippen LogP contribution in [0, 0.1) is 10.1 Å². The summed E-state index contributed by atoms with van der Waals surface area (Å²) in [6.45, 7) is 0.220. The summed E-state index contributed by atoms with van der Waals surface area (Å²) in [5.74, 6) is 1.54. The third-order valence-electron chi connectivity index (χ3n) is 2.17. The van der Waals surface area contributed by atoms with Crippen molar-refractivity contribution in [1.82, 2.24) is 9.55 Å². The third kappa shape index (κ3) is 3.49. The molecule has 0 aliphatic rings. The molecule has 1 rings (SSSR count). The Labute approximate surface area is 97.8 Å². The first-order chi connectivity index (χ1) is 7.66. The number of aliphatic hydroxyl groups excluding tert-OH is 1. The van der Waals surface area contributed by atoms with Gasteiger partial charge in [0, 0.05) is 6.61 Å². The van der Waals surface area contributed by atoms with E-state index < -0.39 is 4.92 Å². The lowest BCUT2D eigenvalue weighted by molar-refractivity contribution is -0.396. The van der Waals surface area contributed by atoms with E-state index >= 15 is 0 Å². The fourth-order valence-electron chi connectivity index (χ4n) is 1.23. The van der Waals surface area contributed by atoms with Gasteiger partial charge in [-0.05, 0) is 23.5 Å². The van der Waals surface area contributed by atoms with Gasteiger partial charge in [-0.15, -0.1) is 0 Å². The van der Waals surface area contributed by atoms with Gasteiger partial charge >= 0.3 is 5.95 Å². The lowest BCUT2D eigenvalue weighted by atomic mass is 10.4. The Kier molecular flexibility index (Phi) is 5.27. The number of nitro groups is 1. The normalized spacial score (nSPS) is 10.6. The summed E-state index contributed by atoms with van der Waals surface area (Å²) in [7, 11) is 1.65. The minimum Gasteiger partial charge on any atom is -0.396 e. The van der Waals surface area contributed by atoms with Gasteiger partial charge in [0.1, 0.15) is 11.9 Å². The predicted octanol–water partition coefficient (Wildman–Crippen LogP) is 1.33. The molecule has 0 fully saturated rings. The molecular weight excluding hydrogens is 230 g/mol. The van der Waals surface area contributed by atoms with Crippen molar-refractivity contribution in [2.75, 3.05) is 12.4 Å². The molecule has 0 atom stereocenters. The van der Waals surface area contributed by atoms with Gasteiger partial charge in [-0.3, -0.25) is 0 Å². The molecule has 6 nitrogen and oxygen atoms in total. The summed E-state index contributed by atoms with van der Waals surface area (Å²) < 4.78 is 1.50. The Morgan fingerprint density at radius 2 is 2.38 bits per heavy atom. The largest absolute Gasteiger partial charge is 0.434 e. The van der Waals surface area contributed by atoms with Gasteiger partial charge in [0.05, 0.1) is 12.8 Å². The van der Waals surface area contributed by atoms with Crippen LogP contribution in [0.3, 0.4) is 0 Å². The average molecular weight is 245 g/mol. The van der Waals surface area contributed by atoms with Crippen molar-refractivity contribution >= 4 is 17.7 Å². The van der Waals surface area contributed by atoms with Crippen LogP contribution in [0.4, 0.5) is 5.95 Å². The quantitative estimate of drug-likeness (QED) is 0.445. The van der Waals surface area contributed by atoms with E-state index in [1.807, 2.05) is 0 Å². The molecule has 7 heteroatoms. The van der Waals surface area contributed by atoms with Gasteiger partial charge in [0.15, 0.2) is 0 Å². The van der Waals surface area contributed by atoms with Gasteiger partial charge in [-0.2, -0.15) is 11.8 Å². The van der Waals surface area contributed by atoms with Crippen molar-refractivity contribution in [3.05, 3.63) is 22.0 Å². The zero-order chi connectivity index (χ0) is 12.0. The van der Waals surface area contributed by atoms with Crippen LogP contribution in [-0.4, -0.2) is 31.9 Å². The molecule has 0 aliphatic carbocycles. The topological polar surface area (TPSA) is 81.2 Å². The highest BCUT2D eigenvalue weighted by Crippen LogP contribution is 2.17. The van der Waals surface area contributed by atoms with Crippen molar-refractivity contribution in [2.45, 2.75) is 18.6 Å². The van der Waals surface area contributed by atoms with Crippen molar-refractivity contribution in [3.8, 4) is 0 Å². The number of hydrogen-bond donors (Lipinski definition) is 1. The Balaban J connectivity index is 2.40. The van der Waals surface area contributed by atoms with E-state index in [-0.39, 0.29) is 12.6 Å². The van der Waals surface area contributed by atoms with Crippen LogP contribution in [0.2, 0.25) is 0 Å². The van der Waals surface area contributed by atoms with Crippen LogP contribution in [0.1, 0.15) is 18.5 Å². The molecule has 0 saturated heterocycles. The highest BCUT2D eigenvalue weighted by Gasteiger charge is 2.16. The van der Waals surface area contributed by atoms with E-state index in [9.17, 15) is 10.1 Å². The third-order valence-corrected chi connectivity index (χ3v) is 3.25. The zero-order valence-electron chi connectivity index (χ0n) is 9.13. The number of nitrogens with zero attached hydrogens (tertiary/aromatic N) is 3. The highest BCUT2D eigenvalue weighted by molar-refractivity contribution is 7.98. The molecule has 90 valence electrons. The molecule has 0 unspecified atom stereocenters. The van der Waals surface area contributed by atoms with Gasteiger partial charge in [0.2, 0.25) is 0 Å². The first-order valence-electron chi connectivity index (χ1n) is 5.00. The molecule has 1 heterocycles. The predicted molar refractivity (Wildman–Crippen MR) is 62.3 cm³/mol. The summed E-state index contributed by atoms with van der Waals surface area (Å²) in [6, 6.07) is 0. The Bertz CT molecular complexity index is 354. The van der Waals surface area contributed by atoms with E-state index in [0.717, 1.165) is 24.3 Å². The van der Waals surface area contributed by atoms with Crippen molar-refractivity contribution in [1.29, 1.82) is 0 Å². The van der Waals surface area contributed by atoms with Crippen LogP contribution in [0.25, 0.3) is 0 Å². The van der Waals surface area contributed by atoms with E-state index in [4.69, 9.17) is 5.11 Å². The number of aliphatic hydroxyl groups is 1. The van der Waals surface area contributed by atoms with E-state index in [2.05, 4.69) is 4.98 Å². The van der Waals surface area contributed by atoms with Gasteiger partial charge < -0.3 is 15.2 Å². The van der Waals surface area contributed by atoms with Crippen molar-refractivity contribution < 1.29 is 10.0 Å². The molecule has 1 aromatic heterocycles. The minimum absolute atomic E-state index is 0.119. The monoisotopic (exact) mass is 245 g/mol. The standard InChI is InChI=1S/C9H15N3O3S/c1-11-8(6-10-9(11)12(14)15)7-16-5-3-2-4-13/h6,13H,2-5,7H2,1H3. The summed E-state index contributed by atoms with van der Waals surface area (Å²) >= 11 is 1.69. The van der Waals surface area contributed by atoms with E-state index in [0.29, 0.717) is 5.75 Å². The van der Waals surface area contributed by atoms with Gasteiger partial charge in [0.25, 0.3) is 0 Å². The number of thioether (sulfide) groups is 1. The molecule has 0 aliphatic heterocycles. The molecule has 1 N–H and O–H groups in total. The van der Waals surface area contributed by atoms with Crippen LogP contribution >= 0.6 is 11.8 Å². The second-order valence-corrected chi connectivity index (χ2v) is 4.45. The highest BCUT2D eigenvalue weighted by atomic mass is 32.2. The summed E-state index contributed by atoms with van der Waals surface area (Å²) in [6.07, 6.45) is 3.30. The Morgan fingerprint density at radius 3 is 2.94 bits per heavy atom. The lowest BCUT2D eigenvalue weighted by Gasteiger charge is -2.00. The molecule has 0 spiro atoms. The fourth-order valence-corrected chi connectivity index (χ4v) is 2.26. The molecule has 0 amide bonds. The maximum absolute atomic E-state index is 10.5. The minimum atomic E-state index is -0.486. The van der Waals surface area contributed by atoms with Crippen LogP contribution in [-0.2, 0) is 12.8 Å². The zero-order valence-corrected chi connectivity index (χ0v) is 9.94. The summed E-state index contributed by atoms with van der Waals surface area (Å²) in [4.78, 5) is 13.8. The molecule has 1 aromatic rings. The number of unbranched alkanes of at least 4 members (excludes halogenated alkanes) is 1. The number of hydrogen-bond acceptors (Lipinski definition) is 5. The Hall–Kier alpha value is -1.08. The molecule has 0 saturated carbocycles. The molecule has 0 radical (unpaired) electrons. The van der Waals surface area contributed by atoms with Crippen molar-refractivity contribution in [3.63, 3.8) is 0 Å². The maximum atomic E-state index is 10.5. The lowest BCUT2D eigenvalue weighted by Crippen LogP contribution is -2.01. The van der Waals surface area contributed by atoms with Crippen molar-refractivity contribution in [2.24, 2.45) is 7.05 Å². The van der Waals surface area contributed by atoms with Crippen LogP contribution in [0.15, 0.2) is 6.20 Å². The molecule has 16 heavy (non-hydrogen) atoms. The second-order valence-electron chi connectivity index (χ2n) is 3.35. The van der Waals surface area contributed by atoms with Crippen LogP contribution < -0.4 is 0 Å². The number of aromatic nitrogens is 2. The second kappa shape index (κ2) is 6.49. The maximum Gasteiger partial charge on any atom is 0.434 e. The average Bonchev–Trinajstić information content (AvgIpc) is 2.60. The Morgan fingerprint density at radius 1 is 1.62 bits per heavy atom. The summed E-state index contributed by atoms with van der Waals surface area (Å²) in [5, 5.41) is 19.1. The fraction of sp³-hybridized carbons (Fsp3) is 0.667. The van der Waals surface area contributed by atoms with Gasteiger partial charge in [-0.25, -0.2) is 4.57 Å². The summed E-state index contributed by atoms with van der Waals surface area (Å²) in [5.41, 5.74) is 0.848. The number of rotatable bonds is 7.